The number of hydrogen-bond donors (Lipinski definition) is 0. The monoisotopic (exact) mass is 170 g/mol. The van der Waals surface area contributed by atoms with Crippen LogP contribution in [-0.2, 0) is 12.8 Å². The van der Waals surface area contributed by atoms with Gasteiger partial charge in [-0.15, -0.1) is 0 Å². The Kier molecular flexibility index (Phi) is 3.00. The van der Waals surface area contributed by atoms with Crippen molar-refractivity contribution in [3.63, 3.8) is 0 Å². The SMILES string of the molecule is CCc1nsnc1CC(C)C. The van der Waals surface area contributed by atoms with E-state index in [0.29, 0.717) is 5.92 Å². The Bertz CT molecular complexity index is 218. The van der Waals surface area contributed by atoms with E-state index in [0.717, 1.165) is 12.8 Å². The summed E-state index contributed by atoms with van der Waals surface area (Å²) in [6, 6.07) is 0. The van der Waals surface area contributed by atoms with Crippen LogP contribution in [0, 0.1) is 5.92 Å². The maximum atomic E-state index is 4.26. The van der Waals surface area contributed by atoms with Gasteiger partial charge in [-0.25, -0.2) is 0 Å². The van der Waals surface area contributed by atoms with Gasteiger partial charge < -0.3 is 0 Å². The lowest BCUT2D eigenvalue weighted by Crippen LogP contribution is -1.97. The number of aromatic nitrogens is 2. The van der Waals surface area contributed by atoms with E-state index in [4.69, 9.17) is 0 Å². The van der Waals surface area contributed by atoms with Crippen LogP contribution in [0.4, 0.5) is 0 Å². The van der Waals surface area contributed by atoms with Crippen LogP contribution in [0.5, 0.6) is 0 Å². The molecule has 1 heterocycles. The summed E-state index contributed by atoms with van der Waals surface area (Å²) in [7, 11) is 0. The third-order valence-electron chi connectivity index (χ3n) is 1.57. The van der Waals surface area contributed by atoms with Crippen molar-refractivity contribution in [2.24, 2.45) is 5.92 Å². The van der Waals surface area contributed by atoms with E-state index in [9.17, 15) is 0 Å². The molecule has 0 fully saturated rings. The molecule has 1 rings (SSSR count). The summed E-state index contributed by atoms with van der Waals surface area (Å²) in [5.41, 5.74) is 2.39. The van der Waals surface area contributed by atoms with Crippen LogP contribution >= 0.6 is 11.7 Å². The predicted octanol–water partition coefficient (Wildman–Crippen LogP) is 2.30. The topological polar surface area (TPSA) is 25.8 Å². The summed E-state index contributed by atoms with van der Waals surface area (Å²) in [6.07, 6.45) is 2.08. The van der Waals surface area contributed by atoms with Crippen molar-refractivity contribution in [1.82, 2.24) is 8.75 Å². The minimum atomic E-state index is 0.684. The maximum Gasteiger partial charge on any atom is 0.0777 e. The number of nitrogens with zero attached hydrogens (tertiary/aromatic N) is 2. The van der Waals surface area contributed by atoms with Gasteiger partial charge in [-0.05, 0) is 18.8 Å². The standard InChI is InChI=1S/C8H14N2S/c1-4-7-8(5-6(2)3)10-11-9-7/h6H,4-5H2,1-3H3. The molecule has 0 atom stereocenters. The van der Waals surface area contributed by atoms with Crippen molar-refractivity contribution in [1.29, 1.82) is 0 Å². The average molecular weight is 170 g/mol. The minimum absolute atomic E-state index is 0.684. The van der Waals surface area contributed by atoms with Crippen molar-refractivity contribution < 1.29 is 0 Å². The van der Waals surface area contributed by atoms with Gasteiger partial charge in [-0.2, -0.15) is 8.75 Å². The normalized spacial score (nSPS) is 10.9. The molecule has 1 aromatic heterocycles. The largest absolute Gasteiger partial charge is 0.178 e. The van der Waals surface area contributed by atoms with Crippen LogP contribution in [-0.4, -0.2) is 8.75 Å². The third-order valence-corrected chi connectivity index (χ3v) is 2.18. The molecule has 0 spiro atoms. The maximum absolute atomic E-state index is 4.26. The zero-order valence-electron chi connectivity index (χ0n) is 7.29. The summed E-state index contributed by atoms with van der Waals surface area (Å²) < 4.78 is 8.48. The van der Waals surface area contributed by atoms with Gasteiger partial charge in [0, 0.05) is 0 Å². The number of aryl methyl sites for hydroxylation is 1. The Morgan fingerprint density at radius 3 is 2.45 bits per heavy atom. The average Bonchev–Trinajstić information content (AvgIpc) is 2.34. The van der Waals surface area contributed by atoms with Gasteiger partial charge in [0.15, 0.2) is 0 Å². The van der Waals surface area contributed by atoms with Crippen molar-refractivity contribution in [3.05, 3.63) is 11.4 Å². The lowest BCUT2D eigenvalue weighted by atomic mass is 10.1. The van der Waals surface area contributed by atoms with Crippen LogP contribution in [0.15, 0.2) is 0 Å². The second-order valence-corrected chi connectivity index (χ2v) is 3.64. The van der Waals surface area contributed by atoms with Gasteiger partial charge in [-0.3, -0.25) is 0 Å². The molecule has 0 aliphatic rings. The highest BCUT2D eigenvalue weighted by Gasteiger charge is 2.06. The van der Waals surface area contributed by atoms with E-state index in [-0.39, 0.29) is 0 Å². The molecule has 2 nitrogen and oxygen atoms in total. The van der Waals surface area contributed by atoms with E-state index in [1.54, 1.807) is 0 Å². The molecule has 0 radical (unpaired) electrons. The van der Waals surface area contributed by atoms with Crippen LogP contribution in [0.25, 0.3) is 0 Å². The first-order valence-corrected chi connectivity index (χ1v) is 4.77. The third kappa shape index (κ3) is 2.26. The lowest BCUT2D eigenvalue weighted by molar-refractivity contribution is 0.634. The molecule has 3 heteroatoms. The van der Waals surface area contributed by atoms with Gasteiger partial charge >= 0.3 is 0 Å². The molecule has 1 aromatic rings. The fourth-order valence-corrected chi connectivity index (χ4v) is 1.69. The van der Waals surface area contributed by atoms with Crippen molar-refractivity contribution in [2.75, 3.05) is 0 Å². The summed E-state index contributed by atoms with van der Waals surface area (Å²) in [4.78, 5) is 0. The second-order valence-electron chi connectivity index (χ2n) is 3.11. The first-order chi connectivity index (χ1) is 5.24. The van der Waals surface area contributed by atoms with Crippen LogP contribution in [0.1, 0.15) is 32.2 Å². The Labute approximate surface area is 72.0 Å². The fraction of sp³-hybridized carbons (Fsp3) is 0.750. The van der Waals surface area contributed by atoms with Crippen molar-refractivity contribution in [3.8, 4) is 0 Å². The zero-order valence-corrected chi connectivity index (χ0v) is 8.11. The van der Waals surface area contributed by atoms with Gasteiger partial charge in [0.05, 0.1) is 23.1 Å². The molecule has 0 N–H and O–H groups in total. The first-order valence-electron chi connectivity index (χ1n) is 4.04. The van der Waals surface area contributed by atoms with Crippen molar-refractivity contribution >= 4 is 11.7 Å². The van der Waals surface area contributed by atoms with Crippen LogP contribution < -0.4 is 0 Å². The Hall–Kier alpha value is -0.440. The summed E-state index contributed by atoms with van der Waals surface area (Å²) >= 11 is 1.33. The number of rotatable bonds is 3. The first kappa shape index (κ1) is 8.65. The molecule has 0 aliphatic heterocycles. The highest BCUT2D eigenvalue weighted by atomic mass is 32.1. The predicted molar refractivity (Wildman–Crippen MR) is 47.8 cm³/mol. The minimum Gasteiger partial charge on any atom is -0.178 e. The van der Waals surface area contributed by atoms with Crippen LogP contribution in [0.2, 0.25) is 0 Å². The molecular formula is C8H14N2S. The van der Waals surface area contributed by atoms with E-state index in [2.05, 4.69) is 29.5 Å². The molecule has 0 bridgehead atoms. The van der Waals surface area contributed by atoms with E-state index < -0.39 is 0 Å². The van der Waals surface area contributed by atoms with E-state index in [1.165, 1.54) is 23.1 Å². The highest BCUT2D eigenvalue weighted by molar-refractivity contribution is 6.99. The van der Waals surface area contributed by atoms with E-state index >= 15 is 0 Å². The summed E-state index contributed by atoms with van der Waals surface area (Å²) in [5, 5.41) is 0. The summed E-state index contributed by atoms with van der Waals surface area (Å²) in [6.45, 7) is 6.54. The van der Waals surface area contributed by atoms with Gasteiger partial charge in [0.25, 0.3) is 0 Å². The Morgan fingerprint density at radius 1 is 1.27 bits per heavy atom. The Morgan fingerprint density at radius 2 is 1.91 bits per heavy atom. The van der Waals surface area contributed by atoms with E-state index in [1.807, 2.05) is 0 Å². The summed E-state index contributed by atoms with van der Waals surface area (Å²) in [5.74, 6) is 0.684. The molecule has 0 aliphatic carbocycles. The van der Waals surface area contributed by atoms with Crippen molar-refractivity contribution in [2.45, 2.75) is 33.6 Å². The smallest absolute Gasteiger partial charge is 0.0777 e. The molecule has 62 valence electrons. The molecule has 0 aromatic carbocycles. The Balaban J connectivity index is 2.68. The quantitative estimate of drug-likeness (QED) is 0.695. The van der Waals surface area contributed by atoms with Gasteiger partial charge in [0.1, 0.15) is 0 Å². The molecule has 0 amide bonds. The second kappa shape index (κ2) is 3.81. The molecule has 0 unspecified atom stereocenters. The molecule has 11 heavy (non-hydrogen) atoms. The zero-order chi connectivity index (χ0) is 8.27. The molecule has 0 saturated carbocycles. The number of hydrogen-bond acceptors (Lipinski definition) is 3. The fourth-order valence-electron chi connectivity index (χ4n) is 1.03. The molecular weight excluding hydrogens is 156 g/mol. The lowest BCUT2D eigenvalue weighted by Gasteiger charge is -2.00. The highest BCUT2D eigenvalue weighted by Crippen LogP contribution is 2.11. The van der Waals surface area contributed by atoms with Gasteiger partial charge in [-0.1, -0.05) is 20.8 Å². The van der Waals surface area contributed by atoms with Crippen LogP contribution in [0.3, 0.4) is 0 Å². The molecule has 0 saturated heterocycles. The van der Waals surface area contributed by atoms with Gasteiger partial charge in [0.2, 0.25) is 0 Å².